The van der Waals surface area contributed by atoms with Gasteiger partial charge in [-0.3, -0.25) is 0 Å². The minimum atomic E-state index is -0.807. The molecule has 1 fully saturated rings. The summed E-state index contributed by atoms with van der Waals surface area (Å²) in [5.41, 5.74) is 0.0848. The summed E-state index contributed by atoms with van der Waals surface area (Å²) in [7, 11) is 0. The first kappa shape index (κ1) is 9.77. The van der Waals surface area contributed by atoms with Gasteiger partial charge in [0.25, 0.3) is 0 Å². The van der Waals surface area contributed by atoms with Gasteiger partial charge < -0.3 is 9.47 Å². The van der Waals surface area contributed by atoms with Crippen LogP contribution in [0.2, 0.25) is 0 Å². The van der Waals surface area contributed by atoms with E-state index in [1.54, 1.807) is 0 Å². The fourth-order valence-corrected chi connectivity index (χ4v) is 1.80. The number of cyclic esters (lactones) is 2. The minimum Gasteiger partial charge on any atom is -0.414 e. The summed E-state index contributed by atoms with van der Waals surface area (Å²) >= 11 is 0. The van der Waals surface area contributed by atoms with Crippen LogP contribution < -0.4 is 0 Å². The van der Waals surface area contributed by atoms with E-state index in [9.17, 15) is 4.79 Å². The molecule has 78 valence electrons. The normalized spacial score (nSPS) is 24.9. The Morgan fingerprint density at radius 2 is 2.00 bits per heavy atom. The molecule has 1 saturated heterocycles. The van der Waals surface area contributed by atoms with Crippen LogP contribution in [0.25, 0.3) is 0 Å². The molecule has 1 aliphatic heterocycles. The monoisotopic (exact) mass is 204 g/mol. The van der Waals surface area contributed by atoms with E-state index >= 15 is 0 Å². The van der Waals surface area contributed by atoms with Crippen molar-refractivity contribution in [2.24, 2.45) is 0 Å². The van der Waals surface area contributed by atoms with Crippen LogP contribution in [0.5, 0.6) is 0 Å². The molecule has 3 heteroatoms. The first-order valence-corrected chi connectivity index (χ1v) is 4.85. The third kappa shape index (κ3) is 1.40. The van der Waals surface area contributed by atoms with Crippen molar-refractivity contribution in [1.29, 1.82) is 0 Å². The molecule has 15 heavy (non-hydrogen) atoms. The average molecular weight is 204 g/mol. The fraction of sp³-hybridized carbons (Fsp3) is 0.250. The van der Waals surface area contributed by atoms with Crippen molar-refractivity contribution in [2.45, 2.75) is 18.9 Å². The zero-order valence-corrected chi connectivity index (χ0v) is 8.53. The summed E-state index contributed by atoms with van der Waals surface area (Å²) in [6.45, 7) is 5.67. The molecule has 0 spiro atoms. The van der Waals surface area contributed by atoms with Crippen LogP contribution in [-0.2, 0) is 15.1 Å². The second-order valence-corrected chi connectivity index (χ2v) is 3.42. The van der Waals surface area contributed by atoms with Gasteiger partial charge in [0.2, 0.25) is 0 Å². The predicted octanol–water partition coefficient (Wildman–Crippen LogP) is 2.97. The van der Waals surface area contributed by atoms with Gasteiger partial charge in [0, 0.05) is 5.56 Å². The quantitative estimate of drug-likeness (QED) is 0.695. The summed E-state index contributed by atoms with van der Waals surface area (Å²) < 4.78 is 10.1. The topological polar surface area (TPSA) is 35.5 Å². The average Bonchev–Trinajstić information content (AvgIpc) is 2.56. The molecule has 1 aliphatic rings. The highest BCUT2D eigenvalue weighted by Crippen LogP contribution is 2.41. The van der Waals surface area contributed by atoms with Gasteiger partial charge in [-0.2, -0.15) is 0 Å². The molecule has 0 saturated carbocycles. The molecule has 0 radical (unpaired) electrons. The molecule has 1 aromatic rings. The highest BCUT2D eigenvalue weighted by molar-refractivity contribution is 5.67. The molecule has 2 rings (SSSR count). The van der Waals surface area contributed by atoms with Crippen molar-refractivity contribution >= 4 is 6.16 Å². The van der Waals surface area contributed by atoms with Crippen LogP contribution in [0.3, 0.4) is 0 Å². The Kier molecular flexibility index (Phi) is 2.23. The molecular formula is C12H12O3. The lowest BCUT2D eigenvalue weighted by Crippen LogP contribution is -2.25. The summed E-state index contributed by atoms with van der Waals surface area (Å²) in [4.78, 5) is 11.1. The number of hydrogen-bond acceptors (Lipinski definition) is 3. The van der Waals surface area contributed by atoms with E-state index in [0.717, 1.165) is 5.56 Å². The third-order valence-electron chi connectivity index (χ3n) is 2.65. The van der Waals surface area contributed by atoms with Crippen molar-refractivity contribution in [3.05, 3.63) is 48.2 Å². The zero-order valence-electron chi connectivity index (χ0n) is 8.53. The van der Waals surface area contributed by atoms with E-state index in [0.29, 0.717) is 12.2 Å². The second-order valence-electron chi connectivity index (χ2n) is 3.42. The molecule has 1 atom stereocenters. The highest BCUT2D eigenvalue weighted by atomic mass is 16.8. The number of carbonyl (C=O) groups is 1. The van der Waals surface area contributed by atoms with Gasteiger partial charge in [-0.15, -0.1) is 0 Å². The van der Waals surface area contributed by atoms with E-state index in [-0.39, 0.29) is 0 Å². The Bertz CT molecular complexity index is 397. The van der Waals surface area contributed by atoms with E-state index in [1.807, 2.05) is 37.3 Å². The SMILES string of the molecule is C=C1OC(=O)OC1(CC)c1ccccc1. The Labute approximate surface area is 88.3 Å². The minimum absolute atomic E-state index is 0.362. The number of rotatable bonds is 2. The summed E-state index contributed by atoms with van der Waals surface area (Å²) in [6, 6.07) is 9.50. The van der Waals surface area contributed by atoms with E-state index in [2.05, 4.69) is 6.58 Å². The van der Waals surface area contributed by atoms with E-state index in [1.165, 1.54) is 0 Å². The molecule has 0 aliphatic carbocycles. The highest BCUT2D eigenvalue weighted by Gasteiger charge is 2.46. The van der Waals surface area contributed by atoms with Gasteiger partial charge >= 0.3 is 6.16 Å². The maximum atomic E-state index is 11.1. The van der Waals surface area contributed by atoms with Crippen molar-refractivity contribution in [1.82, 2.24) is 0 Å². The van der Waals surface area contributed by atoms with Crippen molar-refractivity contribution < 1.29 is 14.3 Å². The first-order valence-electron chi connectivity index (χ1n) is 4.85. The Morgan fingerprint density at radius 3 is 2.47 bits per heavy atom. The van der Waals surface area contributed by atoms with Crippen LogP contribution in [0, 0.1) is 0 Å². The van der Waals surface area contributed by atoms with Crippen molar-refractivity contribution in [2.75, 3.05) is 0 Å². The number of hydrogen-bond donors (Lipinski definition) is 0. The van der Waals surface area contributed by atoms with Crippen molar-refractivity contribution in [3.63, 3.8) is 0 Å². The Hall–Kier alpha value is -1.77. The van der Waals surface area contributed by atoms with Crippen LogP contribution in [-0.4, -0.2) is 6.16 Å². The smallest absolute Gasteiger partial charge is 0.414 e. The van der Waals surface area contributed by atoms with Gasteiger partial charge in [0.15, 0.2) is 11.4 Å². The molecule has 0 N–H and O–H groups in total. The summed E-state index contributed by atoms with van der Waals surface area (Å²) in [6.07, 6.45) is -0.0626. The van der Waals surface area contributed by atoms with Crippen LogP contribution in [0.15, 0.2) is 42.7 Å². The Morgan fingerprint density at radius 1 is 1.33 bits per heavy atom. The fourth-order valence-electron chi connectivity index (χ4n) is 1.80. The first-order chi connectivity index (χ1) is 7.19. The largest absolute Gasteiger partial charge is 0.515 e. The van der Waals surface area contributed by atoms with E-state index < -0.39 is 11.8 Å². The maximum absolute atomic E-state index is 11.1. The molecule has 1 heterocycles. The maximum Gasteiger partial charge on any atom is 0.515 e. The molecule has 0 aromatic heterocycles. The van der Waals surface area contributed by atoms with Gasteiger partial charge in [-0.1, -0.05) is 43.8 Å². The van der Waals surface area contributed by atoms with Crippen molar-refractivity contribution in [3.8, 4) is 0 Å². The molecule has 0 bridgehead atoms. The van der Waals surface area contributed by atoms with Crippen LogP contribution in [0.1, 0.15) is 18.9 Å². The van der Waals surface area contributed by atoms with Gasteiger partial charge in [-0.25, -0.2) is 4.79 Å². The van der Waals surface area contributed by atoms with Crippen LogP contribution >= 0.6 is 0 Å². The lowest BCUT2D eigenvalue weighted by Gasteiger charge is -2.24. The summed E-state index contributed by atoms with van der Waals surface area (Å²) in [5.74, 6) is 0.362. The van der Waals surface area contributed by atoms with Gasteiger partial charge in [-0.05, 0) is 6.42 Å². The van der Waals surface area contributed by atoms with Gasteiger partial charge in [0.05, 0.1) is 0 Å². The lowest BCUT2D eigenvalue weighted by atomic mass is 9.90. The predicted molar refractivity (Wildman–Crippen MR) is 55.1 cm³/mol. The second kappa shape index (κ2) is 3.42. The molecule has 1 unspecified atom stereocenters. The number of benzene rings is 1. The number of ether oxygens (including phenoxy) is 2. The van der Waals surface area contributed by atoms with Gasteiger partial charge in [0.1, 0.15) is 0 Å². The van der Waals surface area contributed by atoms with E-state index in [4.69, 9.17) is 9.47 Å². The standard InChI is InChI=1S/C12H12O3/c1-3-12(9(2)14-11(13)15-12)10-7-5-4-6-8-10/h4-8H,2-3H2,1H3. The molecule has 3 nitrogen and oxygen atoms in total. The van der Waals surface area contributed by atoms with Crippen LogP contribution in [0.4, 0.5) is 4.79 Å². The Balaban J connectivity index is 2.47. The zero-order chi connectivity index (χ0) is 10.9. The molecule has 1 aromatic carbocycles. The molecule has 0 amide bonds. The number of carbonyl (C=O) groups excluding carboxylic acids is 1. The third-order valence-corrected chi connectivity index (χ3v) is 2.65. The molecular weight excluding hydrogens is 192 g/mol. The lowest BCUT2D eigenvalue weighted by molar-refractivity contribution is 0.0608. The summed E-state index contributed by atoms with van der Waals surface area (Å²) in [5, 5.41) is 0.